The van der Waals surface area contributed by atoms with E-state index in [-0.39, 0.29) is 29.9 Å². The quantitative estimate of drug-likeness (QED) is 0.290. The van der Waals surface area contributed by atoms with E-state index >= 15 is 0 Å². The maximum absolute atomic E-state index is 12.0. The van der Waals surface area contributed by atoms with Crippen molar-refractivity contribution in [1.29, 1.82) is 0 Å². The summed E-state index contributed by atoms with van der Waals surface area (Å²) in [5, 5.41) is 13.8. The van der Waals surface area contributed by atoms with Crippen molar-refractivity contribution in [2.24, 2.45) is 4.99 Å². The number of rotatable bonds is 8. The molecular weight excluding hydrogens is 479 g/mol. The smallest absolute Gasteiger partial charge is 0.221 e. The number of nitrogens with one attached hydrogen (secondary N) is 3. The van der Waals surface area contributed by atoms with Crippen LogP contribution in [-0.2, 0) is 11.2 Å². The van der Waals surface area contributed by atoms with Crippen LogP contribution < -0.4 is 16.0 Å². The lowest BCUT2D eigenvalue weighted by atomic mass is 10.1. The third kappa shape index (κ3) is 7.68. The third-order valence-electron chi connectivity index (χ3n) is 5.00. The topological polar surface area (TPSA) is 83.3 Å². The minimum absolute atomic E-state index is 0. The van der Waals surface area contributed by atoms with Crippen molar-refractivity contribution in [3.63, 3.8) is 0 Å². The number of halogens is 1. The molecule has 1 aliphatic carbocycles. The average molecular weight is 510 g/mol. The van der Waals surface area contributed by atoms with Crippen molar-refractivity contribution in [2.75, 3.05) is 20.1 Å². The molecule has 7 nitrogen and oxygen atoms in total. The first kappa shape index (κ1) is 23.2. The highest BCUT2D eigenvalue weighted by Gasteiger charge is 2.16. The SMILES string of the molecule is CN=C(NCCC(=O)NC1CCCC1)NCCc1ccc(-n2cccn2)cc1.I. The summed E-state index contributed by atoms with van der Waals surface area (Å²) in [5.41, 5.74) is 2.30. The van der Waals surface area contributed by atoms with E-state index in [1.54, 1.807) is 13.2 Å². The van der Waals surface area contributed by atoms with Crippen molar-refractivity contribution in [3.8, 4) is 5.69 Å². The molecule has 0 aliphatic heterocycles. The molecule has 0 radical (unpaired) electrons. The molecule has 0 saturated heterocycles. The standard InChI is InChI=1S/C21H30N6O.HI/c1-22-21(24-15-12-20(28)26-18-5-2-3-6-18)23-14-11-17-7-9-19(10-8-17)27-16-4-13-25-27;/h4,7-10,13,16,18H,2-3,5-6,11-12,14-15H2,1H3,(H,26,28)(H2,22,23,24);1H. The summed E-state index contributed by atoms with van der Waals surface area (Å²) in [6, 6.07) is 10.7. The second-order valence-electron chi connectivity index (χ2n) is 7.09. The van der Waals surface area contributed by atoms with Gasteiger partial charge in [-0.1, -0.05) is 25.0 Å². The van der Waals surface area contributed by atoms with E-state index in [4.69, 9.17) is 0 Å². The summed E-state index contributed by atoms with van der Waals surface area (Å²) >= 11 is 0. The second kappa shape index (κ2) is 12.5. The summed E-state index contributed by atoms with van der Waals surface area (Å²) in [6.45, 7) is 1.35. The molecule has 0 bridgehead atoms. The molecule has 1 aromatic carbocycles. The number of aliphatic imine (C=N–C) groups is 1. The largest absolute Gasteiger partial charge is 0.356 e. The van der Waals surface area contributed by atoms with E-state index in [0.29, 0.717) is 19.0 Å². The van der Waals surface area contributed by atoms with Crippen LogP contribution in [-0.4, -0.2) is 47.8 Å². The van der Waals surface area contributed by atoms with Gasteiger partial charge in [-0.3, -0.25) is 9.79 Å². The van der Waals surface area contributed by atoms with Gasteiger partial charge in [-0.25, -0.2) is 4.68 Å². The number of amides is 1. The Hall–Kier alpha value is -2.10. The molecule has 0 unspecified atom stereocenters. The Morgan fingerprint density at radius 1 is 1.17 bits per heavy atom. The fourth-order valence-corrected chi connectivity index (χ4v) is 3.45. The first-order chi connectivity index (χ1) is 13.7. The lowest BCUT2D eigenvalue weighted by molar-refractivity contribution is -0.121. The summed E-state index contributed by atoms with van der Waals surface area (Å²) in [7, 11) is 1.74. The number of hydrogen-bond donors (Lipinski definition) is 3. The van der Waals surface area contributed by atoms with Crippen LogP contribution in [0.2, 0.25) is 0 Å². The van der Waals surface area contributed by atoms with Gasteiger partial charge in [0.05, 0.1) is 5.69 Å². The normalized spacial score (nSPS) is 14.3. The maximum atomic E-state index is 12.0. The Balaban J connectivity index is 0.00000300. The molecule has 2 aromatic rings. The van der Waals surface area contributed by atoms with Crippen molar-refractivity contribution in [2.45, 2.75) is 44.6 Å². The zero-order valence-electron chi connectivity index (χ0n) is 16.9. The molecule has 3 N–H and O–H groups in total. The number of guanidine groups is 1. The van der Waals surface area contributed by atoms with E-state index in [1.807, 2.05) is 16.9 Å². The monoisotopic (exact) mass is 510 g/mol. The van der Waals surface area contributed by atoms with Gasteiger partial charge in [-0.2, -0.15) is 5.10 Å². The minimum Gasteiger partial charge on any atom is -0.356 e. The molecule has 3 rings (SSSR count). The molecule has 1 aliphatic rings. The highest BCUT2D eigenvalue weighted by molar-refractivity contribution is 14.0. The zero-order valence-corrected chi connectivity index (χ0v) is 19.3. The first-order valence-electron chi connectivity index (χ1n) is 10.1. The predicted molar refractivity (Wildman–Crippen MR) is 127 cm³/mol. The van der Waals surface area contributed by atoms with Gasteiger partial charge in [0, 0.05) is 45.0 Å². The van der Waals surface area contributed by atoms with Crippen LogP contribution in [0.25, 0.3) is 5.69 Å². The van der Waals surface area contributed by atoms with Gasteiger partial charge >= 0.3 is 0 Å². The Morgan fingerprint density at radius 2 is 1.90 bits per heavy atom. The van der Waals surface area contributed by atoms with Crippen LogP contribution >= 0.6 is 24.0 Å². The number of nitrogens with zero attached hydrogens (tertiary/aromatic N) is 3. The van der Waals surface area contributed by atoms with Gasteiger partial charge in [0.25, 0.3) is 0 Å². The number of carbonyl (C=O) groups is 1. The fourth-order valence-electron chi connectivity index (χ4n) is 3.45. The summed E-state index contributed by atoms with van der Waals surface area (Å²) in [5.74, 6) is 0.842. The molecular formula is C21H31IN6O. The Kier molecular flexibility index (Phi) is 9.96. The van der Waals surface area contributed by atoms with E-state index in [9.17, 15) is 4.79 Å². The highest BCUT2D eigenvalue weighted by Crippen LogP contribution is 2.17. The molecule has 1 heterocycles. The maximum Gasteiger partial charge on any atom is 0.221 e. The zero-order chi connectivity index (χ0) is 19.6. The Bertz CT molecular complexity index is 754. The number of carbonyl (C=O) groups excluding carboxylic acids is 1. The molecule has 8 heteroatoms. The molecule has 1 saturated carbocycles. The lowest BCUT2D eigenvalue weighted by Crippen LogP contribution is -2.41. The molecule has 0 atom stereocenters. The lowest BCUT2D eigenvalue weighted by Gasteiger charge is -2.14. The molecule has 0 spiro atoms. The Labute approximate surface area is 189 Å². The summed E-state index contributed by atoms with van der Waals surface area (Å²) in [6.07, 6.45) is 9.75. The van der Waals surface area contributed by atoms with Gasteiger partial charge in [-0.15, -0.1) is 24.0 Å². The average Bonchev–Trinajstić information content (AvgIpc) is 3.41. The number of aromatic nitrogens is 2. The van der Waals surface area contributed by atoms with Gasteiger partial charge in [0.2, 0.25) is 5.91 Å². The van der Waals surface area contributed by atoms with Crippen molar-refractivity contribution < 1.29 is 4.79 Å². The van der Waals surface area contributed by atoms with E-state index in [0.717, 1.165) is 37.5 Å². The van der Waals surface area contributed by atoms with Crippen LogP contribution in [0.1, 0.15) is 37.7 Å². The summed E-state index contributed by atoms with van der Waals surface area (Å²) < 4.78 is 1.84. The predicted octanol–water partition coefficient (Wildman–Crippen LogP) is 2.65. The molecule has 1 aromatic heterocycles. The third-order valence-corrected chi connectivity index (χ3v) is 5.00. The van der Waals surface area contributed by atoms with Crippen LogP contribution in [0.5, 0.6) is 0 Å². The van der Waals surface area contributed by atoms with Crippen LogP contribution in [0, 0.1) is 0 Å². The van der Waals surface area contributed by atoms with E-state index in [2.05, 4.69) is 50.3 Å². The van der Waals surface area contributed by atoms with Crippen LogP contribution in [0.4, 0.5) is 0 Å². The van der Waals surface area contributed by atoms with E-state index < -0.39 is 0 Å². The minimum atomic E-state index is 0. The number of benzene rings is 1. The van der Waals surface area contributed by atoms with Crippen LogP contribution in [0.15, 0.2) is 47.7 Å². The summed E-state index contributed by atoms with van der Waals surface area (Å²) in [4.78, 5) is 16.2. The first-order valence-corrected chi connectivity index (χ1v) is 10.1. The second-order valence-corrected chi connectivity index (χ2v) is 7.09. The van der Waals surface area contributed by atoms with Crippen LogP contribution in [0.3, 0.4) is 0 Å². The van der Waals surface area contributed by atoms with Gasteiger partial charge in [0.1, 0.15) is 0 Å². The van der Waals surface area contributed by atoms with Crippen molar-refractivity contribution >= 4 is 35.8 Å². The number of hydrogen-bond acceptors (Lipinski definition) is 3. The Morgan fingerprint density at radius 3 is 2.55 bits per heavy atom. The molecule has 158 valence electrons. The molecule has 1 fully saturated rings. The van der Waals surface area contributed by atoms with Crippen molar-refractivity contribution in [1.82, 2.24) is 25.7 Å². The van der Waals surface area contributed by atoms with Gasteiger partial charge in [-0.05, 0) is 43.0 Å². The molecule has 1 amide bonds. The van der Waals surface area contributed by atoms with Crippen molar-refractivity contribution in [3.05, 3.63) is 48.3 Å². The van der Waals surface area contributed by atoms with E-state index in [1.165, 1.54) is 18.4 Å². The molecule has 29 heavy (non-hydrogen) atoms. The fraction of sp³-hybridized carbons (Fsp3) is 0.476. The highest BCUT2D eigenvalue weighted by atomic mass is 127. The van der Waals surface area contributed by atoms with Gasteiger partial charge < -0.3 is 16.0 Å². The van der Waals surface area contributed by atoms with Gasteiger partial charge in [0.15, 0.2) is 5.96 Å².